The van der Waals surface area contributed by atoms with E-state index in [1.165, 1.54) is 25.4 Å². The third-order valence-corrected chi connectivity index (χ3v) is 2.95. The van der Waals surface area contributed by atoms with Crippen LogP contribution in [0.2, 0.25) is 5.02 Å². The number of hydrogen-bond acceptors (Lipinski definition) is 4. The molecule has 104 valence electrons. The maximum Gasteiger partial charge on any atom is 0.339 e. The van der Waals surface area contributed by atoms with Crippen LogP contribution < -0.4 is 5.32 Å². The third-order valence-electron chi connectivity index (χ3n) is 2.64. The number of halogens is 2. The fourth-order valence-corrected chi connectivity index (χ4v) is 1.68. The van der Waals surface area contributed by atoms with Crippen LogP contribution in [0, 0.1) is 5.82 Å². The van der Waals surface area contributed by atoms with Gasteiger partial charge in [0.1, 0.15) is 5.82 Å². The summed E-state index contributed by atoms with van der Waals surface area (Å²) in [6.45, 7) is 0.405. The van der Waals surface area contributed by atoms with Crippen LogP contribution in [0.15, 0.2) is 36.5 Å². The number of carbonyl (C=O) groups is 1. The molecule has 1 heterocycles. The Morgan fingerprint density at radius 1 is 1.40 bits per heavy atom. The summed E-state index contributed by atoms with van der Waals surface area (Å²) in [7, 11) is 1.31. The zero-order valence-corrected chi connectivity index (χ0v) is 11.4. The zero-order valence-electron chi connectivity index (χ0n) is 10.7. The summed E-state index contributed by atoms with van der Waals surface area (Å²) in [5, 5.41) is 3.09. The van der Waals surface area contributed by atoms with Crippen LogP contribution in [-0.4, -0.2) is 18.1 Å². The number of carbonyl (C=O) groups excluding carboxylic acids is 1. The number of benzene rings is 1. The molecule has 0 saturated heterocycles. The molecule has 1 aromatic heterocycles. The molecule has 0 unspecified atom stereocenters. The van der Waals surface area contributed by atoms with Gasteiger partial charge in [-0.15, -0.1) is 0 Å². The van der Waals surface area contributed by atoms with Crippen molar-refractivity contribution in [1.29, 1.82) is 0 Å². The van der Waals surface area contributed by atoms with Crippen molar-refractivity contribution in [2.75, 3.05) is 12.4 Å². The van der Waals surface area contributed by atoms with E-state index in [1.807, 2.05) is 0 Å². The summed E-state index contributed by atoms with van der Waals surface area (Å²) in [5.41, 5.74) is 1.70. The first-order valence-corrected chi connectivity index (χ1v) is 6.20. The van der Waals surface area contributed by atoms with Crippen molar-refractivity contribution in [3.8, 4) is 0 Å². The first-order valence-electron chi connectivity index (χ1n) is 5.82. The minimum Gasteiger partial charge on any atom is -0.465 e. The van der Waals surface area contributed by atoms with Crippen molar-refractivity contribution in [3.63, 3.8) is 0 Å². The van der Waals surface area contributed by atoms with E-state index >= 15 is 0 Å². The predicted octanol–water partition coefficient (Wildman–Crippen LogP) is 3.27. The Morgan fingerprint density at radius 2 is 2.20 bits per heavy atom. The van der Waals surface area contributed by atoms with Gasteiger partial charge in [-0.1, -0.05) is 11.6 Å². The topological polar surface area (TPSA) is 51.2 Å². The van der Waals surface area contributed by atoms with Crippen molar-refractivity contribution >= 4 is 23.3 Å². The van der Waals surface area contributed by atoms with Crippen molar-refractivity contribution in [2.45, 2.75) is 6.54 Å². The highest BCUT2D eigenvalue weighted by atomic mass is 35.5. The van der Waals surface area contributed by atoms with Crippen molar-refractivity contribution < 1.29 is 13.9 Å². The Bertz CT molecular complexity index is 617. The number of methoxy groups -OCH3 is 1. The average Bonchev–Trinajstić information content (AvgIpc) is 2.48. The molecule has 0 saturated carbocycles. The first kappa shape index (κ1) is 14.3. The summed E-state index contributed by atoms with van der Waals surface area (Å²) >= 11 is 5.60. The molecule has 0 amide bonds. The van der Waals surface area contributed by atoms with Gasteiger partial charge < -0.3 is 10.1 Å². The smallest absolute Gasteiger partial charge is 0.339 e. The molecule has 0 aliphatic rings. The lowest BCUT2D eigenvalue weighted by molar-refractivity contribution is 0.0600. The fourth-order valence-electron chi connectivity index (χ4n) is 1.57. The van der Waals surface area contributed by atoms with E-state index < -0.39 is 11.8 Å². The number of anilines is 1. The van der Waals surface area contributed by atoms with Gasteiger partial charge in [0.2, 0.25) is 0 Å². The van der Waals surface area contributed by atoms with E-state index in [9.17, 15) is 9.18 Å². The zero-order chi connectivity index (χ0) is 14.5. The first-order chi connectivity index (χ1) is 9.60. The molecule has 0 radical (unpaired) electrons. The second kappa shape index (κ2) is 6.34. The van der Waals surface area contributed by atoms with E-state index in [0.717, 1.165) is 0 Å². The van der Waals surface area contributed by atoms with E-state index in [1.54, 1.807) is 18.2 Å². The highest BCUT2D eigenvalue weighted by Crippen LogP contribution is 2.19. The van der Waals surface area contributed by atoms with Crippen LogP contribution in [0.3, 0.4) is 0 Å². The predicted molar refractivity (Wildman–Crippen MR) is 74.3 cm³/mol. The number of hydrogen-bond donors (Lipinski definition) is 1. The number of nitrogens with one attached hydrogen (secondary N) is 1. The second-order valence-electron chi connectivity index (χ2n) is 4.01. The lowest BCUT2D eigenvalue weighted by Gasteiger charge is -2.07. The second-order valence-corrected chi connectivity index (χ2v) is 4.42. The maximum absolute atomic E-state index is 13.2. The molecule has 0 bridgehead atoms. The Balaban J connectivity index is 2.00. The normalized spacial score (nSPS) is 10.2. The van der Waals surface area contributed by atoms with Crippen LogP contribution in [0.1, 0.15) is 16.1 Å². The lowest BCUT2D eigenvalue weighted by atomic mass is 10.2. The molecule has 0 fully saturated rings. The van der Waals surface area contributed by atoms with E-state index in [4.69, 9.17) is 11.6 Å². The molecule has 20 heavy (non-hydrogen) atoms. The van der Waals surface area contributed by atoms with E-state index in [-0.39, 0.29) is 5.02 Å². The minimum absolute atomic E-state index is 0.0797. The summed E-state index contributed by atoms with van der Waals surface area (Å²) in [6, 6.07) is 7.79. The monoisotopic (exact) mass is 294 g/mol. The van der Waals surface area contributed by atoms with Gasteiger partial charge in [0.05, 0.1) is 29.9 Å². The number of ether oxygens (including phenoxy) is 1. The fraction of sp³-hybridized carbons (Fsp3) is 0.143. The molecule has 1 aromatic carbocycles. The lowest BCUT2D eigenvalue weighted by Crippen LogP contribution is -2.05. The number of rotatable bonds is 4. The molecule has 4 nitrogen and oxygen atoms in total. The Kier molecular flexibility index (Phi) is 4.53. The molecular formula is C14H12ClFN2O2. The highest BCUT2D eigenvalue weighted by molar-refractivity contribution is 6.30. The third kappa shape index (κ3) is 3.45. The van der Waals surface area contributed by atoms with Crippen LogP contribution >= 0.6 is 11.6 Å². The largest absolute Gasteiger partial charge is 0.465 e. The Hall–Kier alpha value is -2.14. The van der Waals surface area contributed by atoms with Crippen molar-refractivity contribution in [1.82, 2.24) is 4.98 Å². The SMILES string of the molecule is COC(=O)c1ccc(CNc2ccc(Cl)c(F)c2)nc1. The van der Waals surface area contributed by atoms with Gasteiger partial charge in [0.15, 0.2) is 0 Å². The highest BCUT2D eigenvalue weighted by Gasteiger charge is 2.05. The molecule has 0 atom stereocenters. The Labute approximate surface area is 120 Å². The number of nitrogens with zero attached hydrogens (tertiary/aromatic N) is 1. The molecule has 6 heteroatoms. The average molecular weight is 295 g/mol. The summed E-state index contributed by atoms with van der Waals surface area (Å²) in [4.78, 5) is 15.4. The molecular weight excluding hydrogens is 283 g/mol. The van der Waals surface area contributed by atoms with Crippen LogP contribution in [-0.2, 0) is 11.3 Å². The van der Waals surface area contributed by atoms with Gasteiger partial charge in [0.25, 0.3) is 0 Å². The van der Waals surface area contributed by atoms with Gasteiger partial charge in [-0.2, -0.15) is 0 Å². The van der Waals surface area contributed by atoms with E-state index in [2.05, 4.69) is 15.0 Å². The number of aromatic nitrogens is 1. The molecule has 1 N–H and O–H groups in total. The number of esters is 1. The van der Waals surface area contributed by atoms with Crippen molar-refractivity contribution in [3.05, 3.63) is 58.6 Å². The molecule has 2 rings (SSSR count). The summed E-state index contributed by atoms with van der Waals surface area (Å²) in [6.07, 6.45) is 1.44. The Morgan fingerprint density at radius 3 is 2.80 bits per heavy atom. The van der Waals surface area contributed by atoms with Gasteiger partial charge >= 0.3 is 5.97 Å². The summed E-state index contributed by atoms with van der Waals surface area (Å²) < 4.78 is 17.8. The maximum atomic E-state index is 13.2. The summed E-state index contributed by atoms with van der Waals surface area (Å²) in [5.74, 6) is -0.914. The molecule has 0 spiro atoms. The van der Waals surface area contributed by atoms with Gasteiger partial charge in [-0.3, -0.25) is 4.98 Å². The van der Waals surface area contributed by atoms with Crippen molar-refractivity contribution in [2.24, 2.45) is 0 Å². The van der Waals surface area contributed by atoms with Crippen LogP contribution in [0.5, 0.6) is 0 Å². The van der Waals surface area contributed by atoms with E-state index in [0.29, 0.717) is 23.5 Å². The minimum atomic E-state index is -0.481. The van der Waals surface area contributed by atoms with Gasteiger partial charge in [-0.05, 0) is 30.3 Å². The van der Waals surface area contributed by atoms with Crippen LogP contribution in [0.25, 0.3) is 0 Å². The standard InChI is InChI=1S/C14H12ClFN2O2/c1-20-14(19)9-2-3-11(17-7-9)8-18-10-4-5-12(15)13(16)6-10/h2-7,18H,8H2,1H3. The quantitative estimate of drug-likeness (QED) is 0.879. The molecule has 0 aliphatic heterocycles. The van der Waals surface area contributed by atoms with Crippen LogP contribution in [0.4, 0.5) is 10.1 Å². The number of pyridine rings is 1. The van der Waals surface area contributed by atoms with Gasteiger partial charge in [0, 0.05) is 11.9 Å². The molecule has 0 aliphatic carbocycles. The van der Waals surface area contributed by atoms with Gasteiger partial charge in [-0.25, -0.2) is 9.18 Å². The molecule has 2 aromatic rings.